The summed E-state index contributed by atoms with van der Waals surface area (Å²) in [5.74, 6) is -0.488. The summed E-state index contributed by atoms with van der Waals surface area (Å²) in [6.07, 6.45) is -0.155. The normalized spacial score (nSPS) is 23.6. The van der Waals surface area contributed by atoms with Crippen LogP contribution in [-0.4, -0.2) is 31.5 Å². The quantitative estimate of drug-likeness (QED) is 0.485. The van der Waals surface area contributed by atoms with Gasteiger partial charge in [0.1, 0.15) is 0 Å². The third-order valence-electron chi connectivity index (χ3n) is 3.92. The first-order valence-corrected chi connectivity index (χ1v) is 12.2. The molecule has 4 nitrogen and oxygen atoms in total. The monoisotopic (exact) mass is 351 g/mol. The number of hydrogen-bond donors (Lipinski definition) is 1. The molecule has 1 aromatic carbocycles. The van der Waals surface area contributed by atoms with Gasteiger partial charge in [-0.25, -0.2) is 0 Å². The van der Waals surface area contributed by atoms with Crippen molar-refractivity contribution >= 4 is 31.1 Å². The summed E-state index contributed by atoms with van der Waals surface area (Å²) in [4.78, 5) is 25.4. The second kappa shape index (κ2) is 7.19. The van der Waals surface area contributed by atoms with Gasteiger partial charge < -0.3 is 9.74 Å². The molecule has 1 aliphatic heterocycles. The fraction of sp³-hybridized carbons (Fsp3) is 0.529. The molecule has 1 unspecified atom stereocenters. The third kappa shape index (κ3) is 4.68. The fourth-order valence-electron chi connectivity index (χ4n) is 2.83. The third-order valence-corrected chi connectivity index (χ3v) is 6.08. The van der Waals surface area contributed by atoms with Gasteiger partial charge in [0.25, 0.3) is 0 Å². The van der Waals surface area contributed by atoms with E-state index in [0.29, 0.717) is 0 Å². The predicted octanol–water partition coefficient (Wildman–Crippen LogP) is 3.30. The van der Waals surface area contributed by atoms with Crippen LogP contribution in [0.1, 0.15) is 13.8 Å². The van der Waals surface area contributed by atoms with E-state index < -0.39 is 8.32 Å². The number of β-lactam (4-membered cyclic amide) rings is 1. The van der Waals surface area contributed by atoms with E-state index in [2.05, 4.69) is 25.0 Å². The summed E-state index contributed by atoms with van der Waals surface area (Å²) in [7, 11) is -1.72. The molecule has 23 heavy (non-hydrogen) atoms. The molecule has 0 radical (unpaired) electrons. The summed E-state index contributed by atoms with van der Waals surface area (Å²) >= 11 is 1.24. The maximum atomic E-state index is 12.5. The number of nitrogens with one attached hydrogen (secondary N) is 1. The van der Waals surface area contributed by atoms with Crippen LogP contribution in [0, 0.1) is 11.8 Å². The Labute approximate surface area is 143 Å². The van der Waals surface area contributed by atoms with Gasteiger partial charge in [0.05, 0.1) is 18.1 Å². The van der Waals surface area contributed by atoms with Crippen molar-refractivity contribution in [2.75, 3.05) is 0 Å². The van der Waals surface area contributed by atoms with Gasteiger partial charge in [0.15, 0.2) is 13.4 Å². The van der Waals surface area contributed by atoms with Crippen molar-refractivity contribution in [3.05, 3.63) is 30.3 Å². The van der Waals surface area contributed by atoms with Gasteiger partial charge in [0.2, 0.25) is 5.91 Å². The summed E-state index contributed by atoms with van der Waals surface area (Å²) < 4.78 is 6.05. The van der Waals surface area contributed by atoms with Crippen LogP contribution in [0.4, 0.5) is 0 Å². The number of benzene rings is 1. The largest absolute Gasteiger partial charge is 0.414 e. The number of amides is 1. The molecule has 1 amide bonds. The molecule has 1 aliphatic rings. The summed E-state index contributed by atoms with van der Waals surface area (Å²) in [5.41, 5.74) is 0. The van der Waals surface area contributed by atoms with Crippen LogP contribution in [0.15, 0.2) is 35.2 Å². The number of hydrogen-bond acceptors (Lipinski definition) is 4. The van der Waals surface area contributed by atoms with Crippen LogP contribution < -0.4 is 5.32 Å². The van der Waals surface area contributed by atoms with Crippen molar-refractivity contribution in [2.24, 2.45) is 11.8 Å². The van der Waals surface area contributed by atoms with Gasteiger partial charge in [-0.05, 0) is 38.7 Å². The topological polar surface area (TPSA) is 55.4 Å². The van der Waals surface area contributed by atoms with Crippen LogP contribution in [0.5, 0.6) is 0 Å². The van der Waals surface area contributed by atoms with Crippen molar-refractivity contribution in [3.8, 4) is 0 Å². The van der Waals surface area contributed by atoms with Crippen molar-refractivity contribution in [1.29, 1.82) is 0 Å². The molecule has 1 aromatic rings. The Morgan fingerprint density at radius 3 is 2.35 bits per heavy atom. The molecule has 1 heterocycles. The minimum Gasteiger partial charge on any atom is -0.414 e. The van der Waals surface area contributed by atoms with E-state index >= 15 is 0 Å². The van der Waals surface area contributed by atoms with E-state index in [1.54, 1.807) is 0 Å². The number of carbonyl (C=O) groups is 2. The fourth-order valence-corrected chi connectivity index (χ4v) is 4.95. The number of carbonyl (C=O) groups excluding carboxylic acids is 2. The SMILES string of the molecule is CC(C(=O)Sc1ccccc1)[C@H]1NC(=O)[C@@H]1[C@@H](C)O[Si](C)(C)C. The van der Waals surface area contributed by atoms with Crippen LogP contribution in [0.25, 0.3) is 0 Å². The predicted molar refractivity (Wildman–Crippen MR) is 95.8 cm³/mol. The minimum atomic E-state index is -1.72. The Morgan fingerprint density at radius 2 is 1.83 bits per heavy atom. The molecule has 4 atom stereocenters. The van der Waals surface area contributed by atoms with Gasteiger partial charge in [-0.1, -0.05) is 36.9 Å². The molecule has 0 bridgehead atoms. The Bertz CT molecular complexity index is 573. The van der Waals surface area contributed by atoms with Crippen molar-refractivity contribution in [1.82, 2.24) is 5.32 Å². The van der Waals surface area contributed by atoms with E-state index in [-0.39, 0.29) is 35.0 Å². The zero-order chi connectivity index (χ0) is 17.2. The highest BCUT2D eigenvalue weighted by Gasteiger charge is 2.48. The second-order valence-corrected chi connectivity index (χ2v) is 12.6. The van der Waals surface area contributed by atoms with E-state index in [1.807, 2.05) is 44.2 Å². The van der Waals surface area contributed by atoms with Gasteiger partial charge >= 0.3 is 0 Å². The van der Waals surface area contributed by atoms with Gasteiger partial charge in [-0.3, -0.25) is 9.59 Å². The summed E-state index contributed by atoms with van der Waals surface area (Å²) in [6, 6.07) is 9.45. The summed E-state index contributed by atoms with van der Waals surface area (Å²) in [5, 5.41) is 2.96. The van der Waals surface area contributed by atoms with Crippen LogP contribution in [0.2, 0.25) is 19.6 Å². The van der Waals surface area contributed by atoms with E-state index in [9.17, 15) is 9.59 Å². The first kappa shape index (κ1) is 18.2. The molecule has 6 heteroatoms. The van der Waals surface area contributed by atoms with Gasteiger partial charge in [-0.15, -0.1) is 0 Å². The number of rotatable bonds is 6. The molecule has 1 N–H and O–H groups in total. The highest BCUT2D eigenvalue weighted by atomic mass is 32.2. The molecule has 0 aliphatic carbocycles. The van der Waals surface area contributed by atoms with Crippen LogP contribution >= 0.6 is 11.8 Å². The molecule has 0 aromatic heterocycles. The zero-order valence-electron chi connectivity index (χ0n) is 14.3. The lowest BCUT2D eigenvalue weighted by atomic mass is 9.79. The first-order chi connectivity index (χ1) is 10.7. The maximum absolute atomic E-state index is 12.5. The molecule has 0 saturated carbocycles. The standard InChI is InChI=1S/C17H25NO3SSi/c1-11(17(20)22-13-9-7-6-8-10-13)15-14(16(19)18-15)12(2)21-23(3,4)5/h6-12,14-15H,1-5H3,(H,18,19)/t11?,12-,14-,15-/m1/s1. The summed E-state index contributed by atoms with van der Waals surface area (Å²) in [6.45, 7) is 10.1. The average Bonchev–Trinajstić information content (AvgIpc) is 2.42. The van der Waals surface area contributed by atoms with Crippen molar-refractivity contribution in [3.63, 3.8) is 0 Å². The average molecular weight is 352 g/mol. The van der Waals surface area contributed by atoms with E-state index in [1.165, 1.54) is 11.8 Å². The Balaban J connectivity index is 1.99. The zero-order valence-corrected chi connectivity index (χ0v) is 16.1. The number of thioether (sulfide) groups is 1. The van der Waals surface area contributed by atoms with E-state index in [4.69, 9.17) is 4.43 Å². The Hall–Kier alpha value is -1.11. The Kier molecular flexibility index (Phi) is 5.70. The second-order valence-electron chi connectivity index (χ2n) is 7.02. The molecular formula is C17H25NO3SSi. The van der Waals surface area contributed by atoms with Crippen LogP contribution in [0.3, 0.4) is 0 Å². The lowest BCUT2D eigenvalue weighted by molar-refractivity contribution is -0.142. The molecule has 2 rings (SSSR count). The molecule has 0 spiro atoms. The highest BCUT2D eigenvalue weighted by Crippen LogP contribution is 2.32. The van der Waals surface area contributed by atoms with Crippen molar-refractivity contribution < 1.29 is 14.0 Å². The molecular weight excluding hydrogens is 326 g/mol. The minimum absolute atomic E-state index is 0.00916. The van der Waals surface area contributed by atoms with Gasteiger partial charge in [0, 0.05) is 10.8 Å². The van der Waals surface area contributed by atoms with Crippen LogP contribution in [-0.2, 0) is 14.0 Å². The van der Waals surface area contributed by atoms with E-state index in [0.717, 1.165) is 4.90 Å². The van der Waals surface area contributed by atoms with Gasteiger partial charge in [-0.2, -0.15) is 0 Å². The first-order valence-electron chi connectivity index (χ1n) is 7.94. The molecule has 1 saturated heterocycles. The molecule has 126 valence electrons. The lowest BCUT2D eigenvalue weighted by Gasteiger charge is -2.44. The lowest BCUT2D eigenvalue weighted by Crippen LogP contribution is -2.66. The Morgan fingerprint density at radius 1 is 1.22 bits per heavy atom. The molecule has 1 fully saturated rings. The maximum Gasteiger partial charge on any atom is 0.228 e. The highest BCUT2D eigenvalue weighted by molar-refractivity contribution is 8.13. The smallest absolute Gasteiger partial charge is 0.228 e. The van der Waals surface area contributed by atoms with Crippen molar-refractivity contribution in [2.45, 2.75) is 50.5 Å².